The molecule has 0 bridgehead atoms. The third kappa shape index (κ3) is 6.86. The molecular formula is C29H38N10O3. The maximum absolute atomic E-state index is 12.2. The number of carbonyl (C=O) groups excluding carboxylic acids is 1. The number of H-pyrrole nitrogens is 1. The number of rotatable bonds is 9. The van der Waals surface area contributed by atoms with E-state index in [1.165, 1.54) is 4.90 Å². The van der Waals surface area contributed by atoms with Crippen LogP contribution in [0.2, 0.25) is 0 Å². The molecule has 1 aliphatic heterocycles. The molecule has 13 nitrogen and oxygen atoms in total. The number of primary amides is 1. The number of amides is 2. The number of nitrogens with zero attached hydrogens (tertiary/aromatic N) is 7. The Morgan fingerprint density at radius 1 is 1.10 bits per heavy atom. The Morgan fingerprint density at radius 3 is 2.48 bits per heavy atom. The zero-order valence-corrected chi connectivity index (χ0v) is 24.5. The van der Waals surface area contributed by atoms with Crippen molar-refractivity contribution in [3.8, 4) is 11.3 Å². The van der Waals surface area contributed by atoms with Crippen molar-refractivity contribution in [1.82, 2.24) is 30.2 Å². The average Bonchev–Trinajstić information content (AvgIpc) is 3.63. The molecule has 0 radical (unpaired) electrons. The second kappa shape index (κ2) is 12.2. The number of carbonyl (C=O) groups is 1. The van der Waals surface area contributed by atoms with Crippen molar-refractivity contribution in [1.29, 1.82) is 0 Å². The number of nitrogens with two attached hydrogens (primary N) is 1. The Bertz CT molecular complexity index is 1500. The first kappa shape index (κ1) is 29.0. The maximum atomic E-state index is 12.2. The number of aryl methyl sites for hydroxylation is 1. The quantitative estimate of drug-likeness (QED) is 0.233. The lowest BCUT2D eigenvalue weighted by Gasteiger charge is -2.35. The Kier molecular flexibility index (Phi) is 8.41. The van der Waals surface area contributed by atoms with Crippen molar-refractivity contribution in [3.05, 3.63) is 59.6 Å². The highest BCUT2D eigenvalue weighted by atomic mass is 16.5. The van der Waals surface area contributed by atoms with Crippen LogP contribution in [0.1, 0.15) is 37.9 Å². The summed E-state index contributed by atoms with van der Waals surface area (Å²) in [4.78, 5) is 27.2. The zero-order chi connectivity index (χ0) is 29.9. The molecule has 2 amide bonds. The van der Waals surface area contributed by atoms with Gasteiger partial charge in [0.25, 0.3) is 0 Å². The standard InChI is InChI=1S/C29H38N10O3/c1-19-31-24(17-26(32-19)38-11-9-37(10-12-38)13-14-40)33-25-15-22(34-35-25)21-7-5-20(6-8-21)18-39(28(30)41)27-16-23(42-36-27)29(2,3)4/h5-8,15-17,40H,9-14,18H2,1-4H3,(H2,30,41)(H2,31,32,33,34,35). The third-order valence-corrected chi connectivity index (χ3v) is 7.16. The number of urea groups is 1. The SMILES string of the molecule is Cc1nc(Nc2cc(-c3ccc(CN(C(N)=O)c4cc(C(C)(C)C)on4)cc3)[nH]n2)cc(N2CCN(CCO)CC2)n1. The van der Waals surface area contributed by atoms with Crippen LogP contribution in [0.4, 0.5) is 28.1 Å². The Morgan fingerprint density at radius 2 is 1.83 bits per heavy atom. The van der Waals surface area contributed by atoms with E-state index in [2.05, 4.69) is 40.4 Å². The number of hydrogen-bond donors (Lipinski definition) is 4. The highest BCUT2D eigenvalue weighted by molar-refractivity contribution is 5.89. The van der Waals surface area contributed by atoms with E-state index in [1.54, 1.807) is 6.07 Å². The normalized spacial score (nSPS) is 14.3. The Balaban J connectivity index is 1.24. The smallest absolute Gasteiger partial charge is 0.320 e. The minimum absolute atomic E-state index is 0.173. The average molecular weight is 575 g/mol. The van der Waals surface area contributed by atoms with E-state index in [0.29, 0.717) is 35.6 Å². The topological polar surface area (TPSA) is 166 Å². The van der Waals surface area contributed by atoms with Gasteiger partial charge in [-0.2, -0.15) is 5.10 Å². The summed E-state index contributed by atoms with van der Waals surface area (Å²) in [5.74, 6) is 3.89. The number of hydrogen-bond acceptors (Lipinski definition) is 10. The van der Waals surface area contributed by atoms with Gasteiger partial charge in [0.15, 0.2) is 11.6 Å². The van der Waals surface area contributed by atoms with Crippen molar-refractivity contribution >= 4 is 29.3 Å². The second-order valence-electron chi connectivity index (χ2n) is 11.4. The van der Waals surface area contributed by atoms with Crippen LogP contribution in [0, 0.1) is 6.92 Å². The summed E-state index contributed by atoms with van der Waals surface area (Å²) in [5.41, 5.74) is 8.07. The molecule has 3 aromatic heterocycles. The number of aromatic nitrogens is 5. The van der Waals surface area contributed by atoms with Gasteiger partial charge in [0.1, 0.15) is 23.2 Å². The first-order valence-electron chi connectivity index (χ1n) is 14.0. The summed E-state index contributed by atoms with van der Waals surface area (Å²) < 4.78 is 5.44. The lowest BCUT2D eigenvalue weighted by molar-refractivity contribution is 0.188. The molecule has 5 rings (SSSR count). The minimum Gasteiger partial charge on any atom is -0.395 e. The van der Waals surface area contributed by atoms with Crippen LogP contribution in [0.5, 0.6) is 0 Å². The number of anilines is 4. The van der Waals surface area contributed by atoms with Gasteiger partial charge >= 0.3 is 6.03 Å². The fourth-order valence-corrected chi connectivity index (χ4v) is 4.78. The first-order valence-corrected chi connectivity index (χ1v) is 14.0. The van der Waals surface area contributed by atoms with Gasteiger partial charge in [0, 0.05) is 56.3 Å². The lowest BCUT2D eigenvalue weighted by Crippen LogP contribution is -2.47. The molecule has 4 heterocycles. The van der Waals surface area contributed by atoms with E-state index < -0.39 is 6.03 Å². The van der Waals surface area contributed by atoms with E-state index >= 15 is 0 Å². The monoisotopic (exact) mass is 574 g/mol. The van der Waals surface area contributed by atoms with Crippen molar-refractivity contribution in [3.63, 3.8) is 0 Å². The summed E-state index contributed by atoms with van der Waals surface area (Å²) in [6, 6.07) is 12.8. The highest BCUT2D eigenvalue weighted by Gasteiger charge is 2.24. The van der Waals surface area contributed by atoms with Crippen LogP contribution in [-0.2, 0) is 12.0 Å². The number of nitrogens with one attached hydrogen (secondary N) is 2. The lowest BCUT2D eigenvalue weighted by atomic mass is 9.93. The van der Waals surface area contributed by atoms with E-state index in [1.807, 2.05) is 64.1 Å². The van der Waals surface area contributed by atoms with Crippen molar-refractivity contribution < 1.29 is 14.4 Å². The molecule has 1 aromatic carbocycles. The largest absolute Gasteiger partial charge is 0.395 e. The molecule has 13 heteroatoms. The summed E-state index contributed by atoms with van der Waals surface area (Å²) >= 11 is 0. The second-order valence-corrected chi connectivity index (χ2v) is 11.4. The molecule has 1 aliphatic rings. The van der Waals surface area contributed by atoms with Crippen LogP contribution >= 0.6 is 0 Å². The number of aliphatic hydroxyl groups excluding tert-OH is 1. The summed E-state index contributed by atoms with van der Waals surface area (Å²) in [6.45, 7) is 12.5. The van der Waals surface area contributed by atoms with Crippen LogP contribution < -0.4 is 20.9 Å². The van der Waals surface area contributed by atoms with Gasteiger partial charge in [-0.25, -0.2) is 14.8 Å². The molecule has 0 aliphatic carbocycles. The molecule has 0 atom stereocenters. The van der Waals surface area contributed by atoms with E-state index in [0.717, 1.165) is 48.8 Å². The molecule has 5 N–H and O–H groups in total. The van der Waals surface area contributed by atoms with Crippen LogP contribution in [0.25, 0.3) is 11.3 Å². The van der Waals surface area contributed by atoms with Crippen LogP contribution in [-0.4, -0.2) is 80.7 Å². The zero-order valence-electron chi connectivity index (χ0n) is 24.5. The van der Waals surface area contributed by atoms with Gasteiger partial charge in [0.05, 0.1) is 18.8 Å². The fourth-order valence-electron chi connectivity index (χ4n) is 4.78. The van der Waals surface area contributed by atoms with E-state index in [4.69, 9.17) is 10.3 Å². The molecular weight excluding hydrogens is 536 g/mol. The predicted octanol–water partition coefficient (Wildman–Crippen LogP) is 3.40. The van der Waals surface area contributed by atoms with Gasteiger partial charge in [-0.3, -0.25) is 14.9 Å². The van der Waals surface area contributed by atoms with Gasteiger partial charge in [-0.15, -0.1) is 0 Å². The van der Waals surface area contributed by atoms with Crippen LogP contribution in [0.15, 0.2) is 47.0 Å². The minimum atomic E-state index is -0.607. The van der Waals surface area contributed by atoms with Crippen molar-refractivity contribution in [2.75, 3.05) is 54.4 Å². The molecule has 42 heavy (non-hydrogen) atoms. The predicted molar refractivity (Wildman–Crippen MR) is 161 cm³/mol. The molecule has 1 fully saturated rings. The third-order valence-electron chi connectivity index (χ3n) is 7.16. The number of β-amino-alcohol motifs (C(OH)–C–C–N with tert-alkyl or cyclic N) is 1. The van der Waals surface area contributed by atoms with Crippen molar-refractivity contribution in [2.45, 2.75) is 39.7 Å². The number of aromatic amines is 1. The molecule has 4 aromatic rings. The van der Waals surface area contributed by atoms with Gasteiger partial charge in [-0.05, 0) is 18.1 Å². The number of aliphatic hydroxyl groups is 1. The Labute approximate surface area is 244 Å². The van der Waals surface area contributed by atoms with Gasteiger partial charge < -0.3 is 25.6 Å². The summed E-state index contributed by atoms with van der Waals surface area (Å²) in [5, 5.41) is 24.0. The first-order chi connectivity index (χ1) is 20.1. The van der Waals surface area contributed by atoms with E-state index in [9.17, 15) is 9.90 Å². The molecule has 0 unspecified atom stereocenters. The van der Waals surface area contributed by atoms with Crippen LogP contribution in [0.3, 0.4) is 0 Å². The summed E-state index contributed by atoms with van der Waals surface area (Å²) in [7, 11) is 0. The molecule has 222 valence electrons. The number of piperazine rings is 1. The molecule has 0 spiro atoms. The fraction of sp³-hybridized carbons (Fsp3) is 0.414. The molecule has 1 saturated heterocycles. The van der Waals surface area contributed by atoms with Crippen molar-refractivity contribution in [2.24, 2.45) is 5.73 Å². The van der Waals surface area contributed by atoms with Gasteiger partial charge in [-0.1, -0.05) is 50.2 Å². The highest BCUT2D eigenvalue weighted by Crippen LogP contribution is 2.28. The van der Waals surface area contributed by atoms with Gasteiger partial charge in [0.2, 0.25) is 0 Å². The maximum Gasteiger partial charge on any atom is 0.320 e. The van der Waals surface area contributed by atoms with E-state index in [-0.39, 0.29) is 18.6 Å². The number of benzene rings is 1. The Hall–Kier alpha value is -4.49. The summed E-state index contributed by atoms with van der Waals surface area (Å²) in [6.07, 6.45) is 0. The molecule has 0 saturated carbocycles.